The lowest BCUT2D eigenvalue weighted by molar-refractivity contribution is -0.107. The largest absolute Gasteiger partial charge is 0.303 e. The van der Waals surface area contributed by atoms with Gasteiger partial charge < -0.3 is 4.79 Å². The predicted octanol–water partition coefficient (Wildman–Crippen LogP) is 2.79. The second-order valence-corrected chi connectivity index (χ2v) is 6.58. The fraction of sp³-hybridized carbons (Fsp3) is 0.188. The fourth-order valence-electron chi connectivity index (χ4n) is 1.96. The van der Waals surface area contributed by atoms with Gasteiger partial charge in [-0.15, -0.1) is 0 Å². The van der Waals surface area contributed by atoms with Crippen LogP contribution < -0.4 is 0 Å². The van der Waals surface area contributed by atoms with Gasteiger partial charge in [-0.1, -0.05) is 42.5 Å². The van der Waals surface area contributed by atoms with Crippen LogP contribution in [0.25, 0.3) is 0 Å². The lowest BCUT2D eigenvalue weighted by Gasteiger charge is -2.05. The summed E-state index contributed by atoms with van der Waals surface area (Å²) < 4.78 is 24.4. The first kappa shape index (κ1) is 14.5. The molecule has 0 aromatic heterocycles. The van der Waals surface area contributed by atoms with Crippen LogP contribution in [0.1, 0.15) is 17.5 Å². The summed E-state index contributed by atoms with van der Waals surface area (Å²) in [5.41, 5.74) is 1.79. The maximum Gasteiger partial charge on any atom is 0.182 e. The molecule has 2 aromatic carbocycles. The number of carbonyl (C=O) groups is 1. The van der Waals surface area contributed by atoms with E-state index in [1.54, 1.807) is 42.5 Å². The van der Waals surface area contributed by atoms with Crippen molar-refractivity contribution >= 4 is 16.1 Å². The minimum atomic E-state index is -3.30. The zero-order chi connectivity index (χ0) is 14.4. The quantitative estimate of drug-likeness (QED) is 0.768. The Balaban J connectivity index is 2.12. The average Bonchev–Trinajstić information content (AvgIpc) is 2.47. The minimum Gasteiger partial charge on any atom is -0.303 e. The van der Waals surface area contributed by atoms with Gasteiger partial charge in [0.05, 0.1) is 10.6 Å². The molecule has 0 bridgehead atoms. The number of rotatable bonds is 6. The third-order valence-corrected chi connectivity index (χ3v) is 4.74. The van der Waals surface area contributed by atoms with E-state index in [2.05, 4.69) is 0 Å². The summed E-state index contributed by atoms with van der Waals surface area (Å²) in [7, 11) is -3.30. The van der Waals surface area contributed by atoms with Crippen LogP contribution in [-0.4, -0.2) is 14.7 Å². The van der Waals surface area contributed by atoms with Gasteiger partial charge in [0.1, 0.15) is 6.29 Å². The van der Waals surface area contributed by atoms with Crippen molar-refractivity contribution < 1.29 is 13.2 Å². The highest BCUT2D eigenvalue weighted by molar-refractivity contribution is 7.90. The summed E-state index contributed by atoms with van der Waals surface area (Å²) in [4.78, 5) is 10.6. The average molecular weight is 288 g/mol. The van der Waals surface area contributed by atoms with E-state index in [-0.39, 0.29) is 5.75 Å². The number of carbonyl (C=O) groups excluding carboxylic acids is 1. The first-order chi connectivity index (χ1) is 9.62. The second kappa shape index (κ2) is 6.48. The molecule has 2 aromatic rings. The lowest BCUT2D eigenvalue weighted by atomic mass is 10.1. The van der Waals surface area contributed by atoms with E-state index in [1.807, 2.05) is 12.1 Å². The molecular formula is C16H16O3S. The fourth-order valence-corrected chi connectivity index (χ4v) is 3.33. The molecule has 2 rings (SSSR count). The molecule has 0 fully saturated rings. The summed E-state index contributed by atoms with van der Waals surface area (Å²) in [6.07, 6.45) is 2.06. The SMILES string of the molecule is O=CCCc1ccc(CS(=O)(=O)c2ccccc2)cc1. The third kappa shape index (κ3) is 3.78. The zero-order valence-corrected chi connectivity index (χ0v) is 11.8. The lowest BCUT2D eigenvalue weighted by Crippen LogP contribution is -2.04. The predicted molar refractivity (Wildman–Crippen MR) is 78.2 cm³/mol. The van der Waals surface area contributed by atoms with Crippen molar-refractivity contribution in [3.8, 4) is 0 Å². The maximum absolute atomic E-state index is 12.2. The van der Waals surface area contributed by atoms with E-state index in [4.69, 9.17) is 0 Å². The molecule has 20 heavy (non-hydrogen) atoms. The van der Waals surface area contributed by atoms with Gasteiger partial charge in [-0.2, -0.15) is 0 Å². The van der Waals surface area contributed by atoms with Crippen molar-refractivity contribution in [1.29, 1.82) is 0 Å². The molecule has 0 radical (unpaired) electrons. The second-order valence-electron chi connectivity index (χ2n) is 4.59. The van der Waals surface area contributed by atoms with Crippen LogP contribution >= 0.6 is 0 Å². The molecule has 0 N–H and O–H groups in total. The summed E-state index contributed by atoms with van der Waals surface area (Å²) in [6, 6.07) is 15.8. The first-order valence-electron chi connectivity index (χ1n) is 6.41. The van der Waals surface area contributed by atoms with E-state index >= 15 is 0 Å². The van der Waals surface area contributed by atoms with E-state index in [0.717, 1.165) is 17.4 Å². The summed E-state index contributed by atoms with van der Waals surface area (Å²) >= 11 is 0. The Labute approximate surface area is 119 Å². The van der Waals surface area contributed by atoms with Crippen LogP contribution in [0.15, 0.2) is 59.5 Å². The Morgan fingerprint density at radius 2 is 1.45 bits per heavy atom. The molecular weight excluding hydrogens is 272 g/mol. The van der Waals surface area contributed by atoms with Crippen molar-refractivity contribution in [3.63, 3.8) is 0 Å². The van der Waals surface area contributed by atoms with E-state index in [0.29, 0.717) is 17.7 Å². The normalized spacial score (nSPS) is 11.2. The van der Waals surface area contributed by atoms with Crippen LogP contribution in [0.4, 0.5) is 0 Å². The Bertz CT molecular complexity index is 659. The summed E-state index contributed by atoms with van der Waals surface area (Å²) in [6.45, 7) is 0. The molecule has 0 unspecified atom stereocenters. The van der Waals surface area contributed by atoms with Gasteiger partial charge in [0.25, 0.3) is 0 Å². The van der Waals surface area contributed by atoms with Gasteiger partial charge >= 0.3 is 0 Å². The van der Waals surface area contributed by atoms with Crippen molar-refractivity contribution in [2.75, 3.05) is 0 Å². The number of hydrogen-bond donors (Lipinski definition) is 0. The third-order valence-electron chi connectivity index (χ3n) is 3.03. The summed E-state index contributed by atoms with van der Waals surface area (Å²) in [5.74, 6) is -0.00895. The first-order valence-corrected chi connectivity index (χ1v) is 8.06. The molecule has 0 saturated carbocycles. The van der Waals surface area contributed by atoms with Gasteiger partial charge in [0.15, 0.2) is 9.84 Å². The smallest absolute Gasteiger partial charge is 0.182 e. The summed E-state index contributed by atoms with van der Waals surface area (Å²) in [5, 5.41) is 0. The van der Waals surface area contributed by atoms with Gasteiger partial charge in [-0.05, 0) is 29.7 Å². The van der Waals surface area contributed by atoms with Crippen molar-refractivity contribution in [2.45, 2.75) is 23.5 Å². The van der Waals surface area contributed by atoms with Gasteiger partial charge in [-0.3, -0.25) is 0 Å². The molecule has 0 atom stereocenters. The van der Waals surface area contributed by atoms with Crippen LogP contribution in [-0.2, 0) is 26.8 Å². The topological polar surface area (TPSA) is 51.2 Å². The highest BCUT2D eigenvalue weighted by Gasteiger charge is 2.14. The van der Waals surface area contributed by atoms with E-state index in [1.165, 1.54) is 0 Å². The van der Waals surface area contributed by atoms with Crippen LogP contribution in [0.3, 0.4) is 0 Å². The molecule has 0 amide bonds. The van der Waals surface area contributed by atoms with Gasteiger partial charge in [-0.25, -0.2) is 8.42 Å². The molecule has 0 spiro atoms. The highest BCUT2D eigenvalue weighted by Crippen LogP contribution is 2.16. The van der Waals surface area contributed by atoms with Crippen molar-refractivity contribution in [1.82, 2.24) is 0 Å². The Morgan fingerprint density at radius 1 is 0.850 bits per heavy atom. The molecule has 0 aliphatic rings. The van der Waals surface area contributed by atoms with Crippen molar-refractivity contribution in [3.05, 3.63) is 65.7 Å². The van der Waals surface area contributed by atoms with Gasteiger partial charge in [0, 0.05) is 6.42 Å². The molecule has 0 heterocycles. The van der Waals surface area contributed by atoms with E-state index < -0.39 is 9.84 Å². The molecule has 0 saturated heterocycles. The Morgan fingerprint density at radius 3 is 2.05 bits per heavy atom. The van der Waals surface area contributed by atoms with Gasteiger partial charge in [0.2, 0.25) is 0 Å². The molecule has 0 aliphatic carbocycles. The zero-order valence-electron chi connectivity index (χ0n) is 11.0. The van der Waals surface area contributed by atoms with Crippen LogP contribution in [0.2, 0.25) is 0 Å². The van der Waals surface area contributed by atoms with E-state index in [9.17, 15) is 13.2 Å². The Kier molecular flexibility index (Phi) is 4.69. The highest BCUT2D eigenvalue weighted by atomic mass is 32.2. The molecule has 3 nitrogen and oxygen atoms in total. The Hall–Kier alpha value is -1.94. The minimum absolute atomic E-state index is 0.00895. The molecule has 4 heteroatoms. The molecule has 104 valence electrons. The number of aldehydes is 1. The van der Waals surface area contributed by atoms with Crippen molar-refractivity contribution in [2.24, 2.45) is 0 Å². The van der Waals surface area contributed by atoms with Crippen LogP contribution in [0, 0.1) is 0 Å². The number of sulfone groups is 1. The number of hydrogen-bond acceptors (Lipinski definition) is 3. The number of aryl methyl sites for hydroxylation is 1. The number of benzene rings is 2. The monoisotopic (exact) mass is 288 g/mol. The standard InChI is InChI=1S/C16H16O3S/c17-12-4-5-14-8-10-15(11-9-14)13-20(18,19)16-6-2-1-3-7-16/h1-3,6-12H,4-5,13H2. The van der Waals surface area contributed by atoms with Crippen LogP contribution in [0.5, 0.6) is 0 Å². The molecule has 0 aliphatic heterocycles. The maximum atomic E-state index is 12.2.